The number of hydrogen-bond donors (Lipinski definition) is 2. The van der Waals surface area contributed by atoms with Crippen molar-refractivity contribution in [1.82, 2.24) is 5.32 Å². The molecule has 0 radical (unpaired) electrons. The van der Waals surface area contributed by atoms with Gasteiger partial charge in [-0.25, -0.2) is 0 Å². The number of rotatable bonds is 6. The summed E-state index contributed by atoms with van der Waals surface area (Å²) in [6.07, 6.45) is 3.72. The highest BCUT2D eigenvalue weighted by Gasteiger charge is 2.30. The first-order valence-corrected chi connectivity index (χ1v) is 7.64. The summed E-state index contributed by atoms with van der Waals surface area (Å²) in [5, 5.41) is 3.05. The number of amides is 1. The van der Waals surface area contributed by atoms with E-state index < -0.39 is 0 Å². The maximum Gasteiger partial charge on any atom is 0.220 e. The van der Waals surface area contributed by atoms with Gasteiger partial charge in [-0.15, -0.1) is 0 Å². The van der Waals surface area contributed by atoms with Crippen LogP contribution in [0.5, 0.6) is 0 Å². The molecule has 3 N–H and O–H groups in total. The minimum atomic E-state index is 0.114. The molecular formula is C15H21BrN2O. The van der Waals surface area contributed by atoms with Gasteiger partial charge in [0.15, 0.2) is 0 Å². The first kappa shape index (κ1) is 14.5. The van der Waals surface area contributed by atoms with Crippen LogP contribution >= 0.6 is 15.9 Å². The van der Waals surface area contributed by atoms with Crippen molar-refractivity contribution in [2.24, 2.45) is 11.7 Å². The fourth-order valence-electron chi connectivity index (χ4n) is 2.27. The Labute approximate surface area is 123 Å². The SMILES string of the molecule is Cc1cc(CCC(=O)NC(CN)C2CC2)ccc1Br. The molecule has 1 aliphatic carbocycles. The monoisotopic (exact) mass is 324 g/mol. The van der Waals surface area contributed by atoms with Gasteiger partial charge in [0.25, 0.3) is 0 Å². The van der Waals surface area contributed by atoms with Crippen LogP contribution in [-0.2, 0) is 11.2 Å². The molecule has 0 bridgehead atoms. The van der Waals surface area contributed by atoms with Crippen molar-refractivity contribution >= 4 is 21.8 Å². The lowest BCUT2D eigenvalue weighted by molar-refractivity contribution is -0.121. The molecule has 1 atom stereocenters. The highest BCUT2D eigenvalue weighted by Crippen LogP contribution is 2.32. The van der Waals surface area contributed by atoms with E-state index in [1.54, 1.807) is 0 Å². The van der Waals surface area contributed by atoms with Crippen LogP contribution in [0.4, 0.5) is 0 Å². The highest BCUT2D eigenvalue weighted by molar-refractivity contribution is 9.10. The molecule has 1 aliphatic rings. The Morgan fingerprint density at radius 1 is 1.53 bits per heavy atom. The second-order valence-electron chi connectivity index (χ2n) is 5.33. The predicted molar refractivity (Wildman–Crippen MR) is 80.9 cm³/mol. The number of aryl methyl sites for hydroxylation is 2. The van der Waals surface area contributed by atoms with Gasteiger partial charge in [-0.2, -0.15) is 0 Å². The molecule has 1 aromatic rings. The van der Waals surface area contributed by atoms with Crippen molar-refractivity contribution in [2.75, 3.05) is 6.54 Å². The molecule has 0 saturated heterocycles. The molecule has 1 fully saturated rings. The number of carbonyl (C=O) groups is 1. The normalized spacial score (nSPS) is 16.2. The summed E-state index contributed by atoms with van der Waals surface area (Å²) in [5.41, 5.74) is 8.09. The van der Waals surface area contributed by atoms with Crippen LogP contribution in [-0.4, -0.2) is 18.5 Å². The van der Waals surface area contributed by atoms with E-state index in [0.29, 0.717) is 18.9 Å². The summed E-state index contributed by atoms with van der Waals surface area (Å²) in [5.74, 6) is 0.729. The third-order valence-corrected chi connectivity index (χ3v) is 4.54. The summed E-state index contributed by atoms with van der Waals surface area (Å²) in [7, 11) is 0. The van der Waals surface area contributed by atoms with Crippen molar-refractivity contribution in [1.29, 1.82) is 0 Å². The first-order valence-electron chi connectivity index (χ1n) is 6.84. The molecule has 0 aliphatic heterocycles. The number of nitrogens with two attached hydrogens (primary N) is 1. The Morgan fingerprint density at radius 3 is 2.84 bits per heavy atom. The molecule has 1 amide bonds. The van der Waals surface area contributed by atoms with Gasteiger partial charge >= 0.3 is 0 Å². The second kappa shape index (κ2) is 6.53. The topological polar surface area (TPSA) is 55.1 Å². The summed E-state index contributed by atoms with van der Waals surface area (Å²) < 4.78 is 1.11. The molecule has 0 aromatic heterocycles. The van der Waals surface area contributed by atoms with Crippen molar-refractivity contribution in [3.63, 3.8) is 0 Å². The number of hydrogen-bond acceptors (Lipinski definition) is 2. The zero-order valence-corrected chi connectivity index (χ0v) is 12.9. The van der Waals surface area contributed by atoms with E-state index in [0.717, 1.165) is 10.9 Å². The van der Waals surface area contributed by atoms with Gasteiger partial charge in [-0.3, -0.25) is 4.79 Å². The van der Waals surface area contributed by atoms with Crippen LogP contribution in [0.3, 0.4) is 0 Å². The minimum absolute atomic E-state index is 0.114. The molecule has 3 nitrogen and oxygen atoms in total. The Kier molecular flexibility index (Phi) is 4.99. The van der Waals surface area contributed by atoms with E-state index in [1.165, 1.54) is 24.0 Å². The average molecular weight is 325 g/mol. The summed E-state index contributed by atoms with van der Waals surface area (Å²) in [4.78, 5) is 11.9. The second-order valence-corrected chi connectivity index (χ2v) is 6.19. The van der Waals surface area contributed by atoms with Gasteiger partial charge in [0, 0.05) is 23.5 Å². The third kappa shape index (κ3) is 4.32. The summed E-state index contributed by atoms with van der Waals surface area (Å²) >= 11 is 3.48. The molecular weight excluding hydrogens is 304 g/mol. The van der Waals surface area contributed by atoms with E-state index in [4.69, 9.17) is 5.73 Å². The standard InChI is InChI=1S/C15H21BrN2O/c1-10-8-11(2-6-13(10)16)3-7-15(19)18-14(9-17)12-4-5-12/h2,6,8,12,14H,3-5,7,9,17H2,1H3,(H,18,19). The largest absolute Gasteiger partial charge is 0.352 e. The lowest BCUT2D eigenvalue weighted by Gasteiger charge is -2.16. The Bertz CT molecular complexity index is 457. The molecule has 2 rings (SSSR count). The fraction of sp³-hybridized carbons (Fsp3) is 0.533. The number of nitrogens with one attached hydrogen (secondary N) is 1. The quantitative estimate of drug-likeness (QED) is 0.844. The number of halogens is 1. The highest BCUT2D eigenvalue weighted by atomic mass is 79.9. The van der Waals surface area contributed by atoms with Gasteiger partial charge in [0.05, 0.1) is 0 Å². The molecule has 0 heterocycles. The molecule has 0 spiro atoms. The zero-order valence-electron chi connectivity index (χ0n) is 11.3. The van der Waals surface area contributed by atoms with Crippen LogP contribution in [0, 0.1) is 12.8 Å². The van der Waals surface area contributed by atoms with Gasteiger partial charge in [-0.05, 0) is 49.3 Å². The van der Waals surface area contributed by atoms with Crippen LogP contribution in [0.2, 0.25) is 0 Å². The summed E-state index contributed by atoms with van der Waals surface area (Å²) in [6.45, 7) is 2.61. The minimum Gasteiger partial charge on any atom is -0.352 e. The van der Waals surface area contributed by atoms with Gasteiger partial charge in [0.2, 0.25) is 5.91 Å². The van der Waals surface area contributed by atoms with E-state index in [-0.39, 0.29) is 11.9 Å². The molecule has 1 aromatic carbocycles. The van der Waals surface area contributed by atoms with E-state index in [1.807, 2.05) is 6.07 Å². The van der Waals surface area contributed by atoms with Crippen molar-refractivity contribution in [3.8, 4) is 0 Å². The van der Waals surface area contributed by atoms with Crippen molar-refractivity contribution in [3.05, 3.63) is 33.8 Å². The zero-order chi connectivity index (χ0) is 13.8. The smallest absolute Gasteiger partial charge is 0.220 e. The third-order valence-electron chi connectivity index (χ3n) is 3.65. The van der Waals surface area contributed by atoms with E-state index in [2.05, 4.69) is 40.3 Å². The Hall–Kier alpha value is -0.870. The van der Waals surface area contributed by atoms with Crippen LogP contribution in [0.1, 0.15) is 30.4 Å². The maximum absolute atomic E-state index is 11.9. The molecule has 1 saturated carbocycles. The van der Waals surface area contributed by atoms with Crippen LogP contribution in [0.15, 0.2) is 22.7 Å². The average Bonchev–Trinajstić information content (AvgIpc) is 3.21. The predicted octanol–water partition coefficient (Wildman–Crippen LogP) is 2.54. The number of carbonyl (C=O) groups excluding carboxylic acids is 1. The first-order chi connectivity index (χ1) is 9.10. The lowest BCUT2D eigenvalue weighted by Crippen LogP contribution is -2.41. The summed E-state index contributed by atoms with van der Waals surface area (Å²) in [6, 6.07) is 6.40. The van der Waals surface area contributed by atoms with Crippen molar-refractivity contribution in [2.45, 2.75) is 38.6 Å². The van der Waals surface area contributed by atoms with Gasteiger partial charge in [0.1, 0.15) is 0 Å². The van der Waals surface area contributed by atoms with Crippen LogP contribution in [0.25, 0.3) is 0 Å². The Balaban J connectivity index is 1.80. The van der Waals surface area contributed by atoms with Gasteiger partial charge < -0.3 is 11.1 Å². The maximum atomic E-state index is 11.9. The fourth-order valence-corrected chi connectivity index (χ4v) is 2.51. The van der Waals surface area contributed by atoms with Gasteiger partial charge in [-0.1, -0.05) is 28.1 Å². The molecule has 1 unspecified atom stereocenters. The Morgan fingerprint density at radius 2 is 2.26 bits per heavy atom. The molecule has 4 heteroatoms. The van der Waals surface area contributed by atoms with Crippen molar-refractivity contribution < 1.29 is 4.79 Å². The van der Waals surface area contributed by atoms with Crippen LogP contribution < -0.4 is 11.1 Å². The van der Waals surface area contributed by atoms with E-state index >= 15 is 0 Å². The molecule has 19 heavy (non-hydrogen) atoms. The number of benzene rings is 1. The van der Waals surface area contributed by atoms with E-state index in [9.17, 15) is 4.79 Å². The lowest BCUT2D eigenvalue weighted by atomic mass is 10.1. The molecule has 104 valence electrons.